The molecule has 2 aromatic rings. The lowest BCUT2D eigenvalue weighted by Gasteiger charge is -2.28. The lowest BCUT2D eigenvalue weighted by atomic mass is 9.99. The molecule has 3 N–H and O–H groups in total. The summed E-state index contributed by atoms with van der Waals surface area (Å²) in [5.41, 5.74) is 5.47. The van der Waals surface area contributed by atoms with Crippen LogP contribution in [0.3, 0.4) is 0 Å². The summed E-state index contributed by atoms with van der Waals surface area (Å²) < 4.78 is 0. The summed E-state index contributed by atoms with van der Waals surface area (Å²) >= 11 is 0. The highest BCUT2D eigenvalue weighted by molar-refractivity contribution is 5.96. The zero-order valence-electron chi connectivity index (χ0n) is 11.0. The molecular weight excluding hydrogens is 252 g/mol. The maximum absolute atomic E-state index is 12.4. The van der Waals surface area contributed by atoms with Crippen LogP contribution in [0.1, 0.15) is 21.5 Å². The van der Waals surface area contributed by atoms with Crippen molar-refractivity contribution in [1.29, 1.82) is 0 Å². The van der Waals surface area contributed by atoms with Crippen LogP contribution in [0.2, 0.25) is 0 Å². The Labute approximate surface area is 117 Å². The van der Waals surface area contributed by atoms with E-state index in [0.29, 0.717) is 12.4 Å². The summed E-state index contributed by atoms with van der Waals surface area (Å²) in [6.45, 7) is 1.31. The van der Waals surface area contributed by atoms with Crippen molar-refractivity contribution in [2.75, 3.05) is 12.0 Å². The standard InChI is InChI=1S/C15H16N4O/c16-18-14-9-11(5-7-17-14)10-19-8-6-12-3-1-2-4-13(12)15(19)20/h1-5,7,9H,6,8,10,16H2,(H,17,18). The highest BCUT2D eigenvalue weighted by Crippen LogP contribution is 2.20. The number of nitrogens with two attached hydrogens (primary N) is 1. The lowest BCUT2D eigenvalue weighted by Crippen LogP contribution is -2.37. The van der Waals surface area contributed by atoms with E-state index in [1.807, 2.05) is 41.3 Å². The average Bonchev–Trinajstić information content (AvgIpc) is 2.50. The number of carbonyl (C=O) groups excluding carboxylic acids is 1. The summed E-state index contributed by atoms with van der Waals surface area (Å²) in [7, 11) is 0. The van der Waals surface area contributed by atoms with Gasteiger partial charge in [0.25, 0.3) is 5.91 Å². The molecular formula is C15H16N4O. The lowest BCUT2D eigenvalue weighted by molar-refractivity contribution is 0.0727. The molecule has 1 aliphatic rings. The Hall–Kier alpha value is -2.40. The molecule has 0 spiro atoms. The molecule has 3 rings (SSSR count). The first-order valence-corrected chi connectivity index (χ1v) is 6.56. The van der Waals surface area contributed by atoms with Crippen LogP contribution in [-0.4, -0.2) is 22.3 Å². The van der Waals surface area contributed by atoms with Gasteiger partial charge >= 0.3 is 0 Å². The van der Waals surface area contributed by atoms with Gasteiger partial charge in [-0.1, -0.05) is 18.2 Å². The molecule has 0 saturated heterocycles. The molecule has 0 atom stereocenters. The number of hydrogen-bond acceptors (Lipinski definition) is 4. The molecule has 1 aromatic carbocycles. The van der Waals surface area contributed by atoms with Gasteiger partial charge in [-0.15, -0.1) is 0 Å². The van der Waals surface area contributed by atoms with Crippen molar-refractivity contribution in [3.05, 3.63) is 59.3 Å². The third kappa shape index (κ3) is 2.35. The minimum atomic E-state index is 0.0888. The number of rotatable bonds is 3. The van der Waals surface area contributed by atoms with E-state index in [4.69, 9.17) is 5.84 Å². The molecule has 1 amide bonds. The summed E-state index contributed by atoms with van der Waals surface area (Å²) in [5.74, 6) is 6.04. The summed E-state index contributed by atoms with van der Waals surface area (Å²) in [6, 6.07) is 11.5. The van der Waals surface area contributed by atoms with Crippen molar-refractivity contribution in [3.63, 3.8) is 0 Å². The third-order valence-electron chi connectivity index (χ3n) is 3.53. The fourth-order valence-electron chi connectivity index (χ4n) is 2.50. The van der Waals surface area contributed by atoms with Gasteiger partial charge in [0.05, 0.1) is 0 Å². The van der Waals surface area contributed by atoms with Crippen molar-refractivity contribution in [2.24, 2.45) is 5.84 Å². The van der Waals surface area contributed by atoms with Crippen molar-refractivity contribution in [2.45, 2.75) is 13.0 Å². The molecule has 0 fully saturated rings. The average molecular weight is 268 g/mol. The van der Waals surface area contributed by atoms with E-state index in [2.05, 4.69) is 10.4 Å². The van der Waals surface area contributed by atoms with Gasteiger partial charge in [-0.3, -0.25) is 4.79 Å². The number of aromatic nitrogens is 1. The molecule has 0 bridgehead atoms. The smallest absolute Gasteiger partial charge is 0.254 e. The second-order valence-corrected chi connectivity index (χ2v) is 4.83. The van der Waals surface area contributed by atoms with E-state index in [1.54, 1.807) is 6.20 Å². The number of carbonyl (C=O) groups is 1. The normalized spacial score (nSPS) is 14.1. The molecule has 102 valence electrons. The van der Waals surface area contributed by atoms with Gasteiger partial charge < -0.3 is 10.3 Å². The molecule has 5 heteroatoms. The van der Waals surface area contributed by atoms with Crippen LogP contribution in [-0.2, 0) is 13.0 Å². The Morgan fingerprint density at radius 3 is 3.00 bits per heavy atom. The Morgan fingerprint density at radius 1 is 1.30 bits per heavy atom. The topological polar surface area (TPSA) is 71.2 Å². The van der Waals surface area contributed by atoms with Gasteiger partial charge in [0.2, 0.25) is 0 Å². The maximum Gasteiger partial charge on any atom is 0.254 e. The number of hydrazine groups is 1. The van der Waals surface area contributed by atoms with E-state index in [1.165, 1.54) is 0 Å². The van der Waals surface area contributed by atoms with E-state index in [0.717, 1.165) is 29.7 Å². The summed E-state index contributed by atoms with van der Waals surface area (Å²) in [4.78, 5) is 18.4. The number of nitrogens with one attached hydrogen (secondary N) is 1. The molecule has 20 heavy (non-hydrogen) atoms. The van der Waals surface area contributed by atoms with Crippen LogP contribution in [0, 0.1) is 0 Å². The van der Waals surface area contributed by atoms with Gasteiger partial charge in [0, 0.05) is 24.8 Å². The fourth-order valence-corrected chi connectivity index (χ4v) is 2.50. The van der Waals surface area contributed by atoms with Gasteiger partial charge in [-0.25, -0.2) is 10.8 Å². The van der Waals surface area contributed by atoms with Crippen LogP contribution in [0.15, 0.2) is 42.6 Å². The molecule has 1 aromatic heterocycles. The molecule has 5 nitrogen and oxygen atoms in total. The first kappa shape index (κ1) is 12.6. The number of nitrogen functional groups attached to an aromatic ring is 1. The quantitative estimate of drug-likeness (QED) is 0.654. The number of benzene rings is 1. The van der Waals surface area contributed by atoms with Gasteiger partial charge in [-0.05, 0) is 35.7 Å². The van der Waals surface area contributed by atoms with Gasteiger partial charge in [0.15, 0.2) is 0 Å². The zero-order chi connectivity index (χ0) is 13.9. The third-order valence-corrected chi connectivity index (χ3v) is 3.53. The van der Waals surface area contributed by atoms with Crippen molar-refractivity contribution < 1.29 is 4.79 Å². The van der Waals surface area contributed by atoms with E-state index >= 15 is 0 Å². The second kappa shape index (κ2) is 5.30. The van der Waals surface area contributed by atoms with Crippen LogP contribution in [0.4, 0.5) is 5.82 Å². The van der Waals surface area contributed by atoms with E-state index < -0.39 is 0 Å². The van der Waals surface area contributed by atoms with Crippen LogP contribution in [0.5, 0.6) is 0 Å². The predicted molar refractivity (Wildman–Crippen MR) is 76.9 cm³/mol. The molecule has 0 saturated carbocycles. The Bertz CT molecular complexity index is 641. The minimum absolute atomic E-state index is 0.0888. The van der Waals surface area contributed by atoms with E-state index in [-0.39, 0.29) is 5.91 Å². The molecule has 1 aliphatic heterocycles. The first-order valence-electron chi connectivity index (χ1n) is 6.56. The molecule has 0 unspecified atom stereocenters. The first-order chi connectivity index (χ1) is 9.78. The second-order valence-electron chi connectivity index (χ2n) is 4.83. The maximum atomic E-state index is 12.4. The predicted octanol–water partition coefficient (Wildman–Crippen LogP) is 1.57. The van der Waals surface area contributed by atoms with Crippen molar-refractivity contribution in [1.82, 2.24) is 9.88 Å². The van der Waals surface area contributed by atoms with Gasteiger partial charge in [0.1, 0.15) is 5.82 Å². The number of amides is 1. The van der Waals surface area contributed by atoms with E-state index in [9.17, 15) is 4.79 Å². The fraction of sp³-hybridized carbons (Fsp3) is 0.200. The summed E-state index contributed by atoms with van der Waals surface area (Å²) in [5, 5.41) is 0. The summed E-state index contributed by atoms with van der Waals surface area (Å²) in [6.07, 6.45) is 2.59. The van der Waals surface area contributed by atoms with Crippen molar-refractivity contribution >= 4 is 11.7 Å². The highest BCUT2D eigenvalue weighted by atomic mass is 16.2. The number of hydrogen-bond donors (Lipinski definition) is 2. The SMILES string of the molecule is NNc1cc(CN2CCc3ccccc3C2=O)ccn1. The Balaban J connectivity index is 1.81. The Morgan fingerprint density at radius 2 is 2.15 bits per heavy atom. The van der Waals surface area contributed by atoms with Crippen LogP contribution >= 0.6 is 0 Å². The van der Waals surface area contributed by atoms with Gasteiger partial charge in [-0.2, -0.15) is 0 Å². The number of pyridine rings is 1. The van der Waals surface area contributed by atoms with Crippen molar-refractivity contribution in [3.8, 4) is 0 Å². The molecule has 0 aliphatic carbocycles. The zero-order valence-corrected chi connectivity index (χ0v) is 11.0. The minimum Gasteiger partial charge on any atom is -0.334 e. The van der Waals surface area contributed by atoms with Crippen LogP contribution in [0.25, 0.3) is 0 Å². The number of nitrogens with zero attached hydrogens (tertiary/aromatic N) is 2. The molecule has 2 heterocycles. The largest absolute Gasteiger partial charge is 0.334 e. The highest BCUT2D eigenvalue weighted by Gasteiger charge is 2.23. The number of anilines is 1. The molecule has 0 radical (unpaired) electrons. The Kier molecular flexibility index (Phi) is 3.35. The van der Waals surface area contributed by atoms with Crippen LogP contribution < -0.4 is 11.3 Å². The number of fused-ring (bicyclic) bond motifs is 1. The monoisotopic (exact) mass is 268 g/mol.